The zero-order chi connectivity index (χ0) is 12.0. The number of nitrogens with two attached hydrogens (primary N) is 1. The van der Waals surface area contributed by atoms with E-state index in [9.17, 15) is 4.79 Å². The molecule has 0 bridgehead atoms. The maximum Gasteiger partial charge on any atom is 0.351 e. The van der Waals surface area contributed by atoms with Crippen molar-refractivity contribution >= 4 is 24.1 Å². The van der Waals surface area contributed by atoms with Crippen molar-refractivity contribution in [3.05, 3.63) is 22.7 Å². The second kappa shape index (κ2) is 6.13. The quantitative estimate of drug-likeness (QED) is 0.656. The van der Waals surface area contributed by atoms with Crippen LogP contribution in [0.4, 0.5) is 5.82 Å². The topological polar surface area (TPSA) is 107 Å². The van der Waals surface area contributed by atoms with Crippen LogP contribution >= 0.6 is 11.8 Å². The summed E-state index contributed by atoms with van der Waals surface area (Å²) in [6.45, 7) is -0.250. The molecule has 0 spiro atoms. The van der Waals surface area contributed by atoms with Crippen LogP contribution < -0.4 is 11.4 Å². The summed E-state index contributed by atoms with van der Waals surface area (Å²) in [6.07, 6.45) is 1.42. The summed E-state index contributed by atoms with van der Waals surface area (Å²) in [6, 6.07) is 1.59. The highest BCUT2D eigenvalue weighted by atomic mass is 32.2. The van der Waals surface area contributed by atoms with Crippen molar-refractivity contribution in [2.75, 3.05) is 17.4 Å². The molecule has 1 saturated heterocycles. The van der Waals surface area contributed by atoms with Crippen LogP contribution in [0.5, 0.6) is 0 Å². The first-order valence-corrected chi connectivity index (χ1v) is 5.46. The minimum Gasteiger partial charge on any atom is -0.483 e. The average molecular weight is 245 g/mol. The summed E-state index contributed by atoms with van der Waals surface area (Å²) in [5, 5.41) is 6.89. The lowest BCUT2D eigenvalue weighted by molar-refractivity contribution is -0.122. The van der Waals surface area contributed by atoms with Crippen molar-refractivity contribution in [2.45, 2.75) is 6.23 Å². The van der Waals surface area contributed by atoms with Gasteiger partial charge in [0.1, 0.15) is 12.0 Å². The number of carboxylic acid groups (broad SMARTS) is 1. The van der Waals surface area contributed by atoms with Gasteiger partial charge in [0, 0.05) is 11.9 Å². The maximum absolute atomic E-state index is 11.3. The van der Waals surface area contributed by atoms with Crippen molar-refractivity contribution < 1.29 is 14.6 Å². The number of thioether (sulfide) groups is 1. The summed E-state index contributed by atoms with van der Waals surface area (Å²) < 4.78 is 6.76. The van der Waals surface area contributed by atoms with E-state index in [0.29, 0.717) is 5.94 Å². The van der Waals surface area contributed by atoms with Gasteiger partial charge in [-0.15, -0.1) is 11.8 Å². The van der Waals surface area contributed by atoms with Gasteiger partial charge in [0.05, 0.1) is 5.94 Å². The Labute approximate surface area is 95.2 Å². The molecule has 0 radical (unpaired) electrons. The highest BCUT2D eigenvalue weighted by molar-refractivity contribution is 7.99. The second-order valence-corrected chi connectivity index (χ2v) is 3.73. The maximum atomic E-state index is 11.3. The van der Waals surface area contributed by atoms with Gasteiger partial charge in [-0.05, 0) is 6.07 Å². The number of aromatic nitrogens is 2. The normalized spacial score (nSPS) is 18.6. The van der Waals surface area contributed by atoms with Crippen LogP contribution in [-0.2, 0) is 9.53 Å². The van der Waals surface area contributed by atoms with Crippen LogP contribution in [-0.4, -0.2) is 32.8 Å². The van der Waals surface area contributed by atoms with Gasteiger partial charge in [-0.3, -0.25) is 9.36 Å². The zero-order valence-corrected chi connectivity index (χ0v) is 9.09. The predicted octanol–water partition coefficient (Wildman–Crippen LogP) is -0.254. The van der Waals surface area contributed by atoms with Gasteiger partial charge in [-0.1, -0.05) is 0 Å². The summed E-state index contributed by atoms with van der Waals surface area (Å²) in [4.78, 5) is 23.3. The van der Waals surface area contributed by atoms with Gasteiger partial charge in [0.2, 0.25) is 0 Å². The van der Waals surface area contributed by atoms with E-state index in [2.05, 4.69) is 4.98 Å². The van der Waals surface area contributed by atoms with Gasteiger partial charge in [-0.2, -0.15) is 4.98 Å². The molecule has 8 heteroatoms. The Hall–Kier alpha value is -1.54. The van der Waals surface area contributed by atoms with Crippen molar-refractivity contribution in [3.8, 4) is 0 Å². The molecule has 7 nitrogen and oxygen atoms in total. The molecule has 1 aromatic heterocycles. The number of nitrogens with zero attached hydrogens (tertiary/aromatic N) is 2. The zero-order valence-electron chi connectivity index (χ0n) is 8.28. The van der Waals surface area contributed by atoms with E-state index in [1.54, 1.807) is 24.0 Å². The van der Waals surface area contributed by atoms with E-state index in [1.807, 2.05) is 0 Å². The molecule has 0 unspecified atom stereocenters. The molecule has 1 atom stereocenters. The molecule has 1 aliphatic rings. The Bertz CT molecular complexity index is 403. The van der Waals surface area contributed by atoms with Crippen LogP contribution in [0.2, 0.25) is 0 Å². The Morgan fingerprint density at radius 3 is 2.94 bits per heavy atom. The first-order valence-electron chi connectivity index (χ1n) is 4.31. The van der Waals surface area contributed by atoms with Crippen LogP contribution in [0.1, 0.15) is 6.23 Å². The fourth-order valence-corrected chi connectivity index (χ4v) is 1.94. The van der Waals surface area contributed by atoms with Crippen molar-refractivity contribution in [3.63, 3.8) is 0 Å². The third-order valence-electron chi connectivity index (χ3n) is 1.77. The summed E-state index contributed by atoms with van der Waals surface area (Å²) in [5.41, 5.74) is 5.00. The predicted molar refractivity (Wildman–Crippen MR) is 59.0 cm³/mol. The van der Waals surface area contributed by atoms with E-state index in [4.69, 9.17) is 20.4 Å². The molecule has 1 aromatic rings. The van der Waals surface area contributed by atoms with E-state index in [-0.39, 0.29) is 24.2 Å². The second-order valence-electron chi connectivity index (χ2n) is 2.76. The molecule has 1 aliphatic heterocycles. The first kappa shape index (κ1) is 12.5. The molecular weight excluding hydrogens is 234 g/mol. The minimum absolute atomic E-state index is 0.189. The molecule has 2 rings (SSSR count). The molecule has 0 aromatic carbocycles. The van der Waals surface area contributed by atoms with Crippen LogP contribution in [0.3, 0.4) is 0 Å². The molecule has 16 heavy (non-hydrogen) atoms. The van der Waals surface area contributed by atoms with Crippen molar-refractivity contribution in [2.24, 2.45) is 0 Å². The number of hydrogen-bond acceptors (Lipinski definition) is 6. The summed E-state index contributed by atoms with van der Waals surface area (Å²) >= 11 is 1.65. The average Bonchev–Trinajstić information content (AvgIpc) is 2.72. The number of anilines is 1. The molecule has 3 N–H and O–H groups in total. The number of ether oxygens (including phenoxy) is 1. The van der Waals surface area contributed by atoms with Gasteiger partial charge >= 0.3 is 5.69 Å². The summed E-state index contributed by atoms with van der Waals surface area (Å²) in [5.74, 6) is 1.65. The van der Waals surface area contributed by atoms with Gasteiger partial charge < -0.3 is 15.6 Å². The Balaban J connectivity index is 0.000000386. The van der Waals surface area contributed by atoms with Crippen molar-refractivity contribution in [1.29, 1.82) is 0 Å². The molecule has 88 valence electrons. The molecular formula is C8H11N3O4S. The lowest BCUT2D eigenvalue weighted by Gasteiger charge is -2.10. The number of hydrogen-bond donors (Lipinski definition) is 2. The fraction of sp³-hybridized carbons (Fsp3) is 0.375. The third-order valence-corrected chi connectivity index (χ3v) is 2.59. The Kier molecular flexibility index (Phi) is 4.80. The van der Waals surface area contributed by atoms with E-state index in [0.717, 1.165) is 5.75 Å². The fourth-order valence-electron chi connectivity index (χ4n) is 1.13. The number of rotatable bonds is 1. The first-order chi connectivity index (χ1) is 7.69. The molecule has 0 saturated carbocycles. The van der Waals surface area contributed by atoms with E-state index >= 15 is 0 Å². The number of nitrogen functional groups attached to an aromatic ring is 1. The van der Waals surface area contributed by atoms with Gasteiger partial charge in [-0.25, -0.2) is 4.79 Å². The van der Waals surface area contributed by atoms with E-state index < -0.39 is 0 Å². The summed E-state index contributed by atoms with van der Waals surface area (Å²) in [7, 11) is 0. The smallest absolute Gasteiger partial charge is 0.351 e. The monoisotopic (exact) mass is 245 g/mol. The Morgan fingerprint density at radius 2 is 2.44 bits per heavy atom. The van der Waals surface area contributed by atoms with Crippen LogP contribution in [0.15, 0.2) is 17.1 Å². The molecule has 0 amide bonds. The minimum atomic E-state index is -0.354. The SMILES string of the molecule is Nc1ccn([C@@H]2CSCO2)c(=O)n1.O=CO. The highest BCUT2D eigenvalue weighted by Crippen LogP contribution is 2.23. The third kappa shape index (κ3) is 3.24. The van der Waals surface area contributed by atoms with Crippen LogP contribution in [0.25, 0.3) is 0 Å². The standard InChI is InChI=1S/C7H9N3O2S.CH2O2/c8-5-1-2-10(7(11)9-5)6-3-13-4-12-6;2-1-3/h1-2,6H,3-4H2,(H2,8,9,11);1H,(H,2,3)/t6-;/m0./s1. The highest BCUT2D eigenvalue weighted by Gasteiger charge is 2.18. The molecule has 0 aliphatic carbocycles. The molecule has 1 fully saturated rings. The van der Waals surface area contributed by atoms with Crippen molar-refractivity contribution in [1.82, 2.24) is 9.55 Å². The van der Waals surface area contributed by atoms with E-state index in [1.165, 1.54) is 4.57 Å². The molecule has 2 heterocycles. The number of carbonyl (C=O) groups is 1. The van der Waals surface area contributed by atoms with Gasteiger partial charge in [0.25, 0.3) is 6.47 Å². The lowest BCUT2D eigenvalue weighted by atomic mass is 10.5. The van der Waals surface area contributed by atoms with Crippen LogP contribution in [0, 0.1) is 0 Å². The lowest BCUT2D eigenvalue weighted by Crippen LogP contribution is -2.27. The van der Waals surface area contributed by atoms with Gasteiger partial charge in [0.15, 0.2) is 0 Å². The largest absolute Gasteiger partial charge is 0.483 e. The Morgan fingerprint density at radius 1 is 1.75 bits per heavy atom.